The molecule has 0 aliphatic carbocycles. The predicted molar refractivity (Wildman–Crippen MR) is 153 cm³/mol. The van der Waals surface area contributed by atoms with E-state index in [0.717, 1.165) is 24.4 Å². The number of carbonyl (C=O) groups excluding carboxylic acids is 2. The Hall–Kier alpha value is -3.72. The number of hydrogen-bond donors (Lipinski definition) is 1. The quantitative estimate of drug-likeness (QED) is 0.277. The van der Waals surface area contributed by atoms with Gasteiger partial charge >= 0.3 is 0 Å². The minimum Gasteiger partial charge on any atom is -0.480 e. The molecule has 4 aromatic rings. The van der Waals surface area contributed by atoms with Crippen molar-refractivity contribution in [1.29, 1.82) is 0 Å². The fourth-order valence-corrected chi connectivity index (χ4v) is 5.49. The zero-order valence-corrected chi connectivity index (χ0v) is 23.3. The van der Waals surface area contributed by atoms with E-state index in [1.807, 2.05) is 48.9 Å². The van der Waals surface area contributed by atoms with E-state index in [4.69, 9.17) is 27.9 Å². The second-order valence-corrected chi connectivity index (χ2v) is 10.0. The second kappa shape index (κ2) is 11.2. The van der Waals surface area contributed by atoms with Crippen LogP contribution in [0.4, 0.5) is 5.69 Å². The summed E-state index contributed by atoms with van der Waals surface area (Å²) < 4.78 is 7.23. The molecule has 1 aliphatic heterocycles. The SMILES string of the molecule is CCn1c(C(=O)Nc2cccc(-c3cccc(-c4ccc(C=O)c(OC)n4)c3Cl)c2Cl)nc2c1CCN(C)C2. The number of methoxy groups -OCH3 is 1. The average molecular weight is 564 g/mol. The first-order chi connectivity index (χ1) is 18.9. The van der Waals surface area contributed by atoms with E-state index in [-0.39, 0.29) is 11.8 Å². The van der Waals surface area contributed by atoms with Gasteiger partial charge < -0.3 is 19.5 Å². The van der Waals surface area contributed by atoms with Gasteiger partial charge in [0, 0.05) is 48.4 Å². The van der Waals surface area contributed by atoms with Gasteiger partial charge in [0.1, 0.15) is 0 Å². The Bertz CT molecular complexity index is 1580. The summed E-state index contributed by atoms with van der Waals surface area (Å²) in [7, 11) is 3.50. The number of pyridine rings is 1. The highest BCUT2D eigenvalue weighted by molar-refractivity contribution is 6.39. The minimum atomic E-state index is -0.320. The lowest BCUT2D eigenvalue weighted by Gasteiger charge is -2.22. The Morgan fingerprint density at radius 3 is 2.49 bits per heavy atom. The van der Waals surface area contributed by atoms with Gasteiger partial charge in [0.25, 0.3) is 5.91 Å². The number of nitrogens with one attached hydrogen (secondary N) is 1. The molecule has 0 radical (unpaired) electrons. The summed E-state index contributed by atoms with van der Waals surface area (Å²) in [4.78, 5) is 36.0. The average Bonchev–Trinajstić information content (AvgIpc) is 3.32. The van der Waals surface area contributed by atoms with Crippen LogP contribution in [0.15, 0.2) is 48.5 Å². The largest absolute Gasteiger partial charge is 0.480 e. The number of rotatable bonds is 7. The maximum absolute atomic E-state index is 13.4. The van der Waals surface area contributed by atoms with E-state index >= 15 is 0 Å². The summed E-state index contributed by atoms with van der Waals surface area (Å²) in [6.45, 7) is 4.30. The fourth-order valence-electron chi connectivity index (χ4n) is 4.89. The van der Waals surface area contributed by atoms with Gasteiger partial charge in [0.2, 0.25) is 5.88 Å². The maximum Gasteiger partial charge on any atom is 0.291 e. The van der Waals surface area contributed by atoms with Gasteiger partial charge in [-0.3, -0.25) is 9.59 Å². The van der Waals surface area contributed by atoms with E-state index in [2.05, 4.69) is 20.2 Å². The van der Waals surface area contributed by atoms with Crippen molar-refractivity contribution in [1.82, 2.24) is 19.4 Å². The predicted octanol–water partition coefficient (Wildman–Crippen LogP) is 6.00. The van der Waals surface area contributed by atoms with Crippen LogP contribution < -0.4 is 10.1 Å². The smallest absolute Gasteiger partial charge is 0.291 e. The van der Waals surface area contributed by atoms with Crippen LogP contribution in [-0.4, -0.2) is 52.3 Å². The first-order valence-electron chi connectivity index (χ1n) is 12.5. The number of hydrogen-bond acceptors (Lipinski definition) is 6. The zero-order valence-electron chi connectivity index (χ0n) is 21.8. The third kappa shape index (κ3) is 5.03. The Balaban J connectivity index is 1.49. The molecule has 200 valence electrons. The highest BCUT2D eigenvalue weighted by Crippen LogP contribution is 2.41. The molecule has 0 spiro atoms. The number of nitrogens with zero attached hydrogens (tertiary/aromatic N) is 4. The maximum atomic E-state index is 13.4. The molecule has 0 atom stereocenters. The number of fused-ring (bicyclic) bond motifs is 1. The van der Waals surface area contributed by atoms with Crippen LogP contribution in [0.5, 0.6) is 5.88 Å². The summed E-state index contributed by atoms with van der Waals surface area (Å²) >= 11 is 13.7. The molecule has 0 bridgehead atoms. The van der Waals surface area contributed by atoms with Crippen LogP contribution in [0.1, 0.15) is 39.3 Å². The van der Waals surface area contributed by atoms with Gasteiger partial charge in [-0.2, -0.15) is 0 Å². The van der Waals surface area contributed by atoms with Gasteiger partial charge in [0.15, 0.2) is 12.1 Å². The lowest BCUT2D eigenvalue weighted by atomic mass is 10.00. The molecule has 0 saturated heterocycles. The summed E-state index contributed by atoms with van der Waals surface area (Å²) in [5.74, 6) is 0.267. The summed E-state index contributed by atoms with van der Waals surface area (Å²) in [6, 6.07) is 14.3. The van der Waals surface area contributed by atoms with Crippen LogP contribution in [0.2, 0.25) is 10.0 Å². The van der Waals surface area contributed by atoms with E-state index in [1.54, 1.807) is 18.2 Å². The molecule has 5 rings (SSSR count). The van der Waals surface area contributed by atoms with Crippen molar-refractivity contribution in [2.24, 2.45) is 0 Å². The van der Waals surface area contributed by atoms with Crippen molar-refractivity contribution in [2.75, 3.05) is 26.0 Å². The van der Waals surface area contributed by atoms with Gasteiger partial charge in [-0.1, -0.05) is 53.5 Å². The third-order valence-corrected chi connectivity index (χ3v) is 7.66. The number of amides is 1. The van der Waals surface area contributed by atoms with Crippen LogP contribution in [-0.2, 0) is 19.5 Å². The molecule has 0 fully saturated rings. The molecular weight excluding hydrogens is 537 g/mol. The minimum absolute atomic E-state index is 0.213. The van der Waals surface area contributed by atoms with Gasteiger partial charge in [-0.05, 0) is 32.2 Å². The molecule has 8 nitrogen and oxygen atoms in total. The Morgan fingerprint density at radius 1 is 1.05 bits per heavy atom. The molecule has 10 heteroatoms. The van der Waals surface area contributed by atoms with E-state index in [9.17, 15) is 9.59 Å². The highest BCUT2D eigenvalue weighted by Gasteiger charge is 2.26. The number of ether oxygens (including phenoxy) is 1. The number of anilines is 1. The van der Waals surface area contributed by atoms with Crippen molar-refractivity contribution in [3.8, 4) is 28.3 Å². The Morgan fingerprint density at radius 2 is 1.77 bits per heavy atom. The lowest BCUT2D eigenvalue weighted by Crippen LogP contribution is -2.27. The molecule has 1 amide bonds. The molecule has 39 heavy (non-hydrogen) atoms. The van der Waals surface area contributed by atoms with Crippen molar-refractivity contribution in [3.05, 3.63) is 81.4 Å². The number of halogens is 2. The fraction of sp³-hybridized carbons (Fsp3) is 0.241. The van der Waals surface area contributed by atoms with Gasteiger partial charge in [-0.15, -0.1) is 0 Å². The number of aromatic nitrogens is 3. The number of likely N-dealkylation sites (N-methyl/N-ethyl adjacent to an activating group) is 1. The topological polar surface area (TPSA) is 89.3 Å². The first-order valence-corrected chi connectivity index (χ1v) is 13.3. The van der Waals surface area contributed by atoms with Crippen molar-refractivity contribution in [3.63, 3.8) is 0 Å². The molecule has 0 saturated carbocycles. The molecular formula is C29H27Cl2N5O3. The number of aldehydes is 1. The van der Waals surface area contributed by atoms with Crippen molar-refractivity contribution in [2.45, 2.75) is 26.4 Å². The third-order valence-electron chi connectivity index (χ3n) is 6.85. The second-order valence-electron chi connectivity index (χ2n) is 9.26. The molecule has 3 heterocycles. The van der Waals surface area contributed by atoms with Gasteiger partial charge in [-0.25, -0.2) is 9.97 Å². The summed E-state index contributed by atoms with van der Waals surface area (Å²) in [5, 5.41) is 3.73. The molecule has 2 aromatic carbocycles. The van der Waals surface area contributed by atoms with E-state index in [1.165, 1.54) is 7.11 Å². The standard InChI is InChI=1S/C29H27Cl2N5O3/c1-4-36-24-13-14-35(2)15-23(24)32-27(36)28(38)33-22-10-6-8-19(26(22)31)18-7-5-9-20(25(18)30)21-12-11-17(16-37)29(34-21)39-3/h5-12,16H,4,13-15H2,1-3H3,(H,33,38). The number of imidazole rings is 1. The monoisotopic (exact) mass is 563 g/mol. The molecule has 1 aliphatic rings. The first kappa shape index (κ1) is 26.9. The molecule has 1 N–H and O–H groups in total. The van der Waals surface area contributed by atoms with E-state index < -0.39 is 0 Å². The Labute approximate surface area is 236 Å². The zero-order chi connectivity index (χ0) is 27.7. The van der Waals surface area contributed by atoms with Crippen LogP contribution >= 0.6 is 23.2 Å². The summed E-state index contributed by atoms with van der Waals surface area (Å²) in [6.07, 6.45) is 1.54. The summed E-state index contributed by atoms with van der Waals surface area (Å²) in [5.41, 5.74) is 5.36. The molecule has 0 unspecified atom stereocenters. The van der Waals surface area contributed by atoms with Crippen molar-refractivity contribution < 1.29 is 14.3 Å². The normalized spacial score (nSPS) is 13.2. The van der Waals surface area contributed by atoms with Gasteiger partial charge in [0.05, 0.1) is 39.8 Å². The Kier molecular flexibility index (Phi) is 7.70. The number of benzene rings is 2. The number of carbonyl (C=O) groups is 2. The van der Waals surface area contributed by atoms with Crippen LogP contribution in [0.3, 0.4) is 0 Å². The lowest BCUT2D eigenvalue weighted by molar-refractivity contribution is 0.101. The molecule has 2 aromatic heterocycles. The highest BCUT2D eigenvalue weighted by atomic mass is 35.5. The van der Waals surface area contributed by atoms with Crippen molar-refractivity contribution >= 4 is 41.1 Å². The van der Waals surface area contributed by atoms with E-state index in [0.29, 0.717) is 68.9 Å². The van der Waals surface area contributed by atoms with Crippen LogP contribution in [0.25, 0.3) is 22.4 Å². The van der Waals surface area contributed by atoms with Crippen LogP contribution in [0, 0.1) is 0 Å².